The van der Waals surface area contributed by atoms with Crippen molar-refractivity contribution in [2.24, 2.45) is 5.92 Å². The third-order valence-corrected chi connectivity index (χ3v) is 3.58. The molecule has 0 radical (unpaired) electrons. The predicted molar refractivity (Wildman–Crippen MR) is 68.3 cm³/mol. The maximum absolute atomic E-state index is 11.7. The topological polar surface area (TPSA) is 52.9 Å². The Bertz CT molecular complexity index is 264. The maximum Gasteiger partial charge on any atom is 0.221 e. The van der Waals surface area contributed by atoms with Gasteiger partial charge in [0.2, 0.25) is 5.91 Å². The highest BCUT2D eigenvalue weighted by Crippen LogP contribution is 2.26. The van der Waals surface area contributed by atoms with E-state index in [0.717, 1.165) is 32.1 Å². The average Bonchev–Trinajstić information content (AvgIpc) is 2.37. The molecule has 0 aromatic heterocycles. The normalized spacial score (nSPS) is 18.4. The van der Waals surface area contributed by atoms with Crippen LogP contribution < -0.4 is 5.32 Å². The first kappa shape index (κ1) is 14.0. The van der Waals surface area contributed by atoms with E-state index in [1.54, 1.807) is 0 Å². The SMILES string of the molecule is CCCCCC(=O)NC(C#N)C1CCCCC1. The molecule has 0 bridgehead atoms. The Hall–Kier alpha value is -1.04. The van der Waals surface area contributed by atoms with Gasteiger partial charge in [-0.1, -0.05) is 39.0 Å². The number of amides is 1. The van der Waals surface area contributed by atoms with Crippen molar-refractivity contribution in [2.75, 3.05) is 0 Å². The second-order valence-corrected chi connectivity index (χ2v) is 5.03. The molecule has 1 aliphatic carbocycles. The van der Waals surface area contributed by atoms with E-state index in [9.17, 15) is 4.79 Å². The lowest BCUT2D eigenvalue weighted by Gasteiger charge is -2.26. The number of nitriles is 1. The van der Waals surface area contributed by atoms with Crippen molar-refractivity contribution >= 4 is 5.91 Å². The van der Waals surface area contributed by atoms with Crippen LogP contribution >= 0.6 is 0 Å². The first-order valence-corrected chi connectivity index (χ1v) is 6.97. The van der Waals surface area contributed by atoms with Crippen molar-refractivity contribution in [3.8, 4) is 6.07 Å². The van der Waals surface area contributed by atoms with Gasteiger partial charge in [0.05, 0.1) is 6.07 Å². The molecule has 1 saturated carbocycles. The van der Waals surface area contributed by atoms with Crippen LogP contribution in [0.5, 0.6) is 0 Å². The monoisotopic (exact) mass is 236 g/mol. The van der Waals surface area contributed by atoms with Gasteiger partial charge in [-0.3, -0.25) is 4.79 Å². The quantitative estimate of drug-likeness (QED) is 0.720. The van der Waals surface area contributed by atoms with Crippen molar-refractivity contribution in [1.82, 2.24) is 5.32 Å². The fourth-order valence-electron chi connectivity index (χ4n) is 2.50. The molecule has 0 aromatic rings. The summed E-state index contributed by atoms with van der Waals surface area (Å²) in [5.74, 6) is 0.430. The number of hydrogen-bond donors (Lipinski definition) is 1. The van der Waals surface area contributed by atoms with Crippen molar-refractivity contribution in [3.05, 3.63) is 0 Å². The molecule has 1 aliphatic rings. The summed E-state index contributed by atoms with van der Waals surface area (Å²) in [6, 6.07) is 2.00. The Balaban J connectivity index is 2.30. The minimum atomic E-state index is -0.260. The van der Waals surface area contributed by atoms with Crippen LogP contribution in [0.15, 0.2) is 0 Å². The molecule has 3 heteroatoms. The van der Waals surface area contributed by atoms with Crippen LogP contribution in [0.2, 0.25) is 0 Å². The van der Waals surface area contributed by atoms with Gasteiger partial charge in [0.25, 0.3) is 0 Å². The Morgan fingerprint density at radius 1 is 1.35 bits per heavy atom. The third-order valence-electron chi connectivity index (χ3n) is 3.58. The summed E-state index contributed by atoms with van der Waals surface area (Å²) >= 11 is 0. The predicted octanol–water partition coefficient (Wildman–Crippen LogP) is 3.16. The van der Waals surface area contributed by atoms with E-state index in [1.165, 1.54) is 19.3 Å². The zero-order chi connectivity index (χ0) is 12.5. The number of carbonyl (C=O) groups is 1. The highest BCUT2D eigenvalue weighted by molar-refractivity contribution is 5.76. The molecular weight excluding hydrogens is 212 g/mol. The third kappa shape index (κ3) is 5.21. The molecule has 0 saturated heterocycles. The van der Waals surface area contributed by atoms with Crippen molar-refractivity contribution in [1.29, 1.82) is 5.26 Å². The molecule has 0 aromatic carbocycles. The minimum Gasteiger partial charge on any atom is -0.340 e. The summed E-state index contributed by atoms with van der Waals surface area (Å²) in [6.45, 7) is 2.12. The molecular formula is C14H24N2O. The summed E-state index contributed by atoms with van der Waals surface area (Å²) in [6.07, 6.45) is 9.58. The molecule has 1 amide bonds. The van der Waals surface area contributed by atoms with E-state index in [0.29, 0.717) is 12.3 Å². The van der Waals surface area contributed by atoms with Crippen LogP contribution in [0.4, 0.5) is 0 Å². The number of nitrogens with zero attached hydrogens (tertiary/aromatic N) is 1. The van der Waals surface area contributed by atoms with Crippen LogP contribution in [-0.2, 0) is 4.79 Å². The number of carbonyl (C=O) groups excluding carboxylic acids is 1. The van der Waals surface area contributed by atoms with Gasteiger partial charge in [-0.15, -0.1) is 0 Å². The van der Waals surface area contributed by atoms with Gasteiger partial charge in [-0.25, -0.2) is 0 Å². The summed E-state index contributed by atoms with van der Waals surface area (Å²) < 4.78 is 0. The molecule has 17 heavy (non-hydrogen) atoms. The summed E-state index contributed by atoms with van der Waals surface area (Å²) in [5.41, 5.74) is 0. The average molecular weight is 236 g/mol. The first-order chi connectivity index (χ1) is 8.27. The lowest BCUT2D eigenvalue weighted by molar-refractivity contribution is -0.121. The zero-order valence-corrected chi connectivity index (χ0v) is 10.9. The van der Waals surface area contributed by atoms with Gasteiger partial charge < -0.3 is 5.32 Å². The highest BCUT2D eigenvalue weighted by atomic mass is 16.1. The van der Waals surface area contributed by atoms with E-state index in [-0.39, 0.29) is 11.9 Å². The van der Waals surface area contributed by atoms with Crippen molar-refractivity contribution in [3.63, 3.8) is 0 Å². The Morgan fingerprint density at radius 2 is 2.06 bits per heavy atom. The maximum atomic E-state index is 11.7. The fraction of sp³-hybridized carbons (Fsp3) is 0.857. The number of nitrogens with one attached hydrogen (secondary N) is 1. The van der Waals surface area contributed by atoms with Gasteiger partial charge >= 0.3 is 0 Å². The second-order valence-electron chi connectivity index (χ2n) is 5.03. The van der Waals surface area contributed by atoms with Crippen molar-refractivity contribution in [2.45, 2.75) is 70.8 Å². The van der Waals surface area contributed by atoms with Crippen LogP contribution in [-0.4, -0.2) is 11.9 Å². The first-order valence-electron chi connectivity index (χ1n) is 6.97. The lowest BCUT2D eigenvalue weighted by Crippen LogP contribution is -2.39. The van der Waals surface area contributed by atoms with Crippen molar-refractivity contribution < 1.29 is 4.79 Å². The smallest absolute Gasteiger partial charge is 0.221 e. The highest BCUT2D eigenvalue weighted by Gasteiger charge is 2.24. The fourth-order valence-corrected chi connectivity index (χ4v) is 2.50. The molecule has 1 unspecified atom stereocenters. The molecule has 0 spiro atoms. The molecule has 1 rings (SSSR count). The zero-order valence-electron chi connectivity index (χ0n) is 10.9. The van der Waals surface area contributed by atoms with Crippen LogP contribution in [0.25, 0.3) is 0 Å². The molecule has 1 atom stereocenters. The summed E-state index contributed by atoms with van der Waals surface area (Å²) in [4.78, 5) is 11.7. The number of unbranched alkanes of at least 4 members (excludes halogenated alkanes) is 2. The van der Waals surface area contributed by atoms with E-state index in [4.69, 9.17) is 5.26 Å². The van der Waals surface area contributed by atoms with E-state index in [1.807, 2.05) is 0 Å². The van der Waals surface area contributed by atoms with Gasteiger partial charge in [-0.05, 0) is 25.2 Å². The number of rotatable bonds is 6. The second kappa shape index (κ2) is 8.11. The molecule has 3 nitrogen and oxygen atoms in total. The minimum absolute atomic E-state index is 0.0515. The Labute approximate surface area is 105 Å². The molecule has 96 valence electrons. The molecule has 1 fully saturated rings. The van der Waals surface area contributed by atoms with E-state index in [2.05, 4.69) is 18.3 Å². The van der Waals surface area contributed by atoms with Gasteiger partial charge in [0.1, 0.15) is 6.04 Å². The number of hydrogen-bond acceptors (Lipinski definition) is 2. The Morgan fingerprint density at radius 3 is 2.65 bits per heavy atom. The van der Waals surface area contributed by atoms with Crippen LogP contribution in [0, 0.1) is 17.2 Å². The molecule has 0 heterocycles. The van der Waals surface area contributed by atoms with Crippen LogP contribution in [0.1, 0.15) is 64.7 Å². The molecule has 1 N–H and O–H groups in total. The summed E-state index contributed by atoms with van der Waals surface area (Å²) in [7, 11) is 0. The van der Waals surface area contributed by atoms with Gasteiger partial charge in [-0.2, -0.15) is 5.26 Å². The van der Waals surface area contributed by atoms with Crippen LogP contribution in [0.3, 0.4) is 0 Å². The molecule has 0 aliphatic heterocycles. The van der Waals surface area contributed by atoms with E-state index < -0.39 is 0 Å². The standard InChI is InChI=1S/C14H24N2O/c1-2-3-5-10-14(17)16-13(11-15)12-8-6-4-7-9-12/h12-13H,2-10H2,1H3,(H,16,17). The van der Waals surface area contributed by atoms with E-state index >= 15 is 0 Å². The largest absolute Gasteiger partial charge is 0.340 e. The van der Waals surface area contributed by atoms with Gasteiger partial charge in [0, 0.05) is 6.42 Å². The summed E-state index contributed by atoms with van der Waals surface area (Å²) in [5, 5.41) is 12.0. The lowest BCUT2D eigenvalue weighted by atomic mass is 9.84. The van der Waals surface area contributed by atoms with Gasteiger partial charge in [0.15, 0.2) is 0 Å². The Kier molecular flexibility index (Phi) is 6.69.